The minimum atomic E-state index is -3.53. The van der Waals surface area contributed by atoms with Gasteiger partial charge in [0.05, 0.1) is 0 Å². The molecule has 0 atom stereocenters. The van der Waals surface area contributed by atoms with E-state index in [9.17, 15) is 8.42 Å². The maximum absolute atomic E-state index is 13.0. The quantitative estimate of drug-likeness (QED) is 0.458. The molecule has 1 aromatic carbocycles. The van der Waals surface area contributed by atoms with E-state index in [4.69, 9.17) is 4.52 Å². The smallest absolute Gasteiger partial charge is 0.220 e. The van der Waals surface area contributed by atoms with E-state index < -0.39 is 10.0 Å². The van der Waals surface area contributed by atoms with Gasteiger partial charge in [0.1, 0.15) is 34.7 Å². The molecule has 1 aliphatic heterocycles. The van der Waals surface area contributed by atoms with Crippen molar-refractivity contribution < 1.29 is 12.9 Å². The summed E-state index contributed by atoms with van der Waals surface area (Å²) < 4.78 is 32.8. The standard InChI is InChI=1S/C22H23N7O3S/c1-16-24-21(26-20-8-4-5-9-23-20)14-22(25-16)28-10-12-29(13-11-28)33(30,31)15-18-17-6-2-3-7-19(17)32-27-18/h2-9,14H,10-13,15H2,1H3,(H,23,24,25,26). The van der Waals surface area contributed by atoms with Crippen molar-refractivity contribution in [2.75, 3.05) is 36.4 Å². The molecule has 0 unspecified atom stereocenters. The number of aryl methyl sites for hydroxylation is 1. The van der Waals surface area contributed by atoms with Gasteiger partial charge in [-0.1, -0.05) is 23.4 Å². The minimum absolute atomic E-state index is 0.186. The molecular formula is C22H23N7O3S. The Morgan fingerprint density at radius 3 is 2.58 bits per heavy atom. The summed E-state index contributed by atoms with van der Waals surface area (Å²) >= 11 is 0. The lowest BCUT2D eigenvalue weighted by atomic mass is 10.2. The van der Waals surface area contributed by atoms with Crippen LogP contribution in [0.25, 0.3) is 11.0 Å². The van der Waals surface area contributed by atoms with E-state index in [0.29, 0.717) is 54.9 Å². The second kappa shape index (κ2) is 8.75. The Bertz CT molecular complexity index is 1370. The first-order valence-corrected chi connectivity index (χ1v) is 12.2. The lowest BCUT2D eigenvalue weighted by molar-refractivity contribution is 0.381. The zero-order valence-corrected chi connectivity index (χ0v) is 18.9. The Kier molecular flexibility index (Phi) is 5.65. The number of nitrogens with zero attached hydrogens (tertiary/aromatic N) is 6. The van der Waals surface area contributed by atoms with E-state index in [0.717, 1.165) is 11.2 Å². The van der Waals surface area contributed by atoms with Crippen molar-refractivity contribution in [2.24, 2.45) is 0 Å². The van der Waals surface area contributed by atoms with Crippen LogP contribution >= 0.6 is 0 Å². The molecule has 1 N–H and O–H groups in total. The van der Waals surface area contributed by atoms with E-state index in [2.05, 4.69) is 30.3 Å². The lowest BCUT2D eigenvalue weighted by Crippen LogP contribution is -2.49. The Labute approximate surface area is 191 Å². The number of hydrogen-bond acceptors (Lipinski definition) is 9. The fourth-order valence-corrected chi connectivity index (χ4v) is 5.30. The Balaban J connectivity index is 1.27. The normalized spacial score (nSPS) is 15.1. The first-order valence-electron chi connectivity index (χ1n) is 10.6. The largest absolute Gasteiger partial charge is 0.356 e. The second-order valence-corrected chi connectivity index (χ2v) is 9.74. The molecule has 5 rings (SSSR count). The molecule has 0 radical (unpaired) electrons. The molecule has 10 nitrogen and oxygen atoms in total. The molecule has 0 aliphatic carbocycles. The number of pyridine rings is 1. The van der Waals surface area contributed by atoms with Gasteiger partial charge < -0.3 is 14.7 Å². The highest BCUT2D eigenvalue weighted by atomic mass is 32.2. The number of rotatable bonds is 6. The van der Waals surface area contributed by atoms with Crippen molar-refractivity contribution in [3.05, 3.63) is 66.2 Å². The number of para-hydroxylation sites is 1. The predicted molar refractivity (Wildman–Crippen MR) is 125 cm³/mol. The SMILES string of the molecule is Cc1nc(Nc2ccccn2)cc(N2CCN(S(=O)(=O)Cc3noc4ccccc34)CC2)n1. The summed E-state index contributed by atoms with van der Waals surface area (Å²) in [6.45, 7) is 3.61. The zero-order chi connectivity index (χ0) is 22.8. The third-order valence-electron chi connectivity index (χ3n) is 5.47. The van der Waals surface area contributed by atoms with Crippen LogP contribution in [0.15, 0.2) is 59.3 Å². The van der Waals surface area contributed by atoms with Crippen LogP contribution < -0.4 is 10.2 Å². The molecule has 3 aromatic heterocycles. The molecule has 0 saturated carbocycles. The number of piperazine rings is 1. The van der Waals surface area contributed by atoms with Gasteiger partial charge in [-0.2, -0.15) is 4.31 Å². The van der Waals surface area contributed by atoms with Gasteiger partial charge in [0.15, 0.2) is 5.58 Å². The van der Waals surface area contributed by atoms with Gasteiger partial charge in [-0.25, -0.2) is 23.4 Å². The average Bonchev–Trinajstić information content (AvgIpc) is 3.22. The molecule has 4 heterocycles. The summed E-state index contributed by atoms with van der Waals surface area (Å²) in [5.74, 6) is 2.52. The molecule has 1 fully saturated rings. The zero-order valence-electron chi connectivity index (χ0n) is 18.0. The minimum Gasteiger partial charge on any atom is -0.356 e. The topological polar surface area (TPSA) is 117 Å². The number of benzene rings is 1. The van der Waals surface area contributed by atoms with Crippen molar-refractivity contribution in [1.29, 1.82) is 0 Å². The summed E-state index contributed by atoms with van der Waals surface area (Å²) in [6, 6.07) is 14.7. The van der Waals surface area contributed by atoms with E-state index in [-0.39, 0.29) is 5.75 Å². The number of hydrogen-bond donors (Lipinski definition) is 1. The number of nitrogens with one attached hydrogen (secondary N) is 1. The van der Waals surface area contributed by atoms with Crippen molar-refractivity contribution in [1.82, 2.24) is 24.4 Å². The summed E-state index contributed by atoms with van der Waals surface area (Å²) in [5.41, 5.74) is 1.02. The molecule has 1 saturated heterocycles. The first-order chi connectivity index (χ1) is 16.0. The van der Waals surface area contributed by atoms with Crippen LogP contribution in [0.3, 0.4) is 0 Å². The maximum atomic E-state index is 13.0. The van der Waals surface area contributed by atoms with Crippen molar-refractivity contribution >= 4 is 38.4 Å². The molecule has 0 bridgehead atoms. The Morgan fingerprint density at radius 2 is 1.79 bits per heavy atom. The number of sulfonamides is 1. The van der Waals surface area contributed by atoms with Crippen molar-refractivity contribution in [2.45, 2.75) is 12.7 Å². The fourth-order valence-electron chi connectivity index (χ4n) is 3.85. The first kappa shape index (κ1) is 21.3. The summed E-state index contributed by atoms with van der Waals surface area (Å²) in [6.07, 6.45) is 1.71. The van der Waals surface area contributed by atoms with E-state index >= 15 is 0 Å². The van der Waals surface area contributed by atoms with Crippen LogP contribution in [0, 0.1) is 6.92 Å². The lowest BCUT2D eigenvalue weighted by Gasteiger charge is -2.34. The van der Waals surface area contributed by atoms with E-state index in [1.165, 1.54) is 4.31 Å². The summed E-state index contributed by atoms with van der Waals surface area (Å²) in [4.78, 5) is 15.3. The summed E-state index contributed by atoms with van der Waals surface area (Å²) in [5, 5.41) is 7.88. The predicted octanol–water partition coefficient (Wildman–Crippen LogP) is 2.72. The molecule has 170 valence electrons. The van der Waals surface area contributed by atoms with Gasteiger partial charge in [-0.15, -0.1) is 0 Å². The third-order valence-corrected chi connectivity index (χ3v) is 7.26. The number of aromatic nitrogens is 4. The van der Waals surface area contributed by atoms with Gasteiger partial charge in [-0.05, 0) is 31.2 Å². The number of fused-ring (bicyclic) bond motifs is 1. The summed E-state index contributed by atoms with van der Waals surface area (Å²) in [7, 11) is -3.53. The van der Waals surface area contributed by atoms with Crippen LogP contribution in [0.2, 0.25) is 0 Å². The molecule has 33 heavy (non-hydrogen) atoms. The highest BCUT2D eigenvalue weighted by Gasteiger charge is 2.29. The van der Waals surface area contributed by atoms with Gasteiger partial charge in [-0.3, -0.25) is 0 Å². The van der Waals surface area contributed by atoms with Crippen LogP contribution in [0.1, 0.15) is 11.5 Å². The van der Waals surface area contributed by atoms with Crippen LogP contribution in [-0.2, 0) is 15.8 Å². The van der Waals surface area contributed by atoms with Crippen LogP contribution in [0.5, 0.6) is 0 Å². The van der Waals surface area contributed by atoms with Crippen molar-refractivity contribution in [3.8, 4) is 0 Å². The highest BCUT2D eigenvalue weighted by molar-refractivity contribution is 7.88. The van der Waals surface area contributed by atoms with Gasteiger partial charge in [0, 0.05) is 43.8 Å². The van der Waals surface area contributed by atoms with Gasteiger partial charge in [0.2, 0.25) is 10.0 Å². The molecule has 1 aliphatic rings. The monoisotopic (exact) mass is 465 g/mol. The van der Waals surface area contributed by atoms with E-state index in [1.807, 2.05) is 49.4 Å². The molecule has 4 aromatic rings. The van der Waals surface area contributed by atoms with Crippen LogP contribution in [-0.4, -0.2) is 59.0 Å². The number of anilines is 3. The average molecular weight is 466 g/mol. The van der Waals surface area contributed by atoms with Crippen LogP contribution in [0.4, 0.5) is 17.5 Å². The second-order valence-electron chi connectivity index (χ2n) is 7.77. The highest BCUT2D eigenvalue weighted by Crippen LogP contribution is 2.24. The molecular weight excluding hydrogens is 442 g/mol. The van der Waals surface area contributed by atoms with Gasteiger partial charge >= 0.3 is 0 Å². The Hall–Kier alpha value is -3.57. The Morgan fingerprint density at radius 1 is 1.00 bits per heavy atom. The van der Waals surface area contributed by atoms with Crippen molar-refractivity contribution in [3.63, 3.8) is 0 Å². The molecule has 0 amide bonds. The molecule has 11 heteroatoms. The fraction of sp³-hybridized carbons (Fsp3) is 0.273. The molecule has 0 spiro atoms. The van der Waals surface area contributed by atoms with Gasteiger partial charge in [0.25, 0.3) is 0 Å². The van der Waals surface area contributed by atoms with E-state index in [1.54, 1.807) is 12.3 Å². The third kappa shape index (κ3) is 4.64. The maximum Gasteiger partial charge on any atom is 0.220 e.